The fourth-order valence-corrected chi connectivity index (χ4v) is 3.97. The number of aliphatic hydroxyl groups is 1. The molecule has 0 unspecified atom stereocenters. The lowest BCUT2D eigenvalue weighted by Crippen LogP contribution is -2.39. The fourth-order valence-electron chi connectivity index (χ4n) is 3.97. The largest absolute Gasteiger partial charge is 0.466 e. The van der Waals surface area contributed by atoms with Gasteiger partial charge in [0.15, 0.2) is 0 Å². The lowest BCUT2D eigenvalue weighted by Gasteiger charge is -2.39. The average molecular weight is 347 g/mol. The van der Waals surface area contributed by atoms with Gasteiger partial charge in [0.2, 0.25) is 0 Å². The van der Waals surface area contributed by atoms with Crippen LogP contribution in [0.5, 0.6) is 0 Å². The third kappa shape index (κ3) is 4.44. The number of esters is 1. The first kappa shape index (κ1) is 20.0. The van der Waals surface area contributed by atoms with Crippen LogP contribution in [0.2, 0.25) is 0 Å². The van der Waals surface area contributed by atoms with Gasteiger partial charge in [-0.15, -0.1) is 0 Å². The number of fused-ring (bicyclic) bond motifs is 1. The second-order valence-corrected chi connectivity index (χ2v) is 8.36. The number of rotatable bonds is 6. The average Bonchev–Trinajstić information content (AvgIpc) is 2.53. The quantitative estimate of drug-likeness (QED) is 0.776. The summed E-state index contributed by atoms with van der Waals surface area (Å²) in [7, 11) is 0. The number of benzene rings is 1. The van der Waals surface area contributed by atoms with Gasteiger partial charge in [0.1, 0.15) is 0 Å². The number of aryl methyl sites for hydroxylation is 1. The molecule has 0 amide bonds. The molecule has 1 aromatic carbocycles. The molecule has 0 saturated heterocycles. The molecule has 0 aromatic heterocycles. The lowest BCUT2D eigenvalue weighted by atomic mass is 9.68. The van der Waals surface area contributed by atoms with E-state index in [1.54, 1.807) is 0 Å². The summed E-state index contributed by atoms with van der Waals surface area (Å²) in [6.45, 7) is 13.0. The Balaban J connectivity index is 2.13. The number of carbonyl (C=O) groups excluding carboxylic acids is 1. The second-order valence-electron chi connectivity index (χ2n) is 8.36. The zero-order valence-corrected chi connectivity index (χ0v) is 16.7. The van der Waals surface area contributed by atoms with E-state index in [1.165, 1.54) is 34.7 Å². The van der Waals surface area contributed by atoms with Gasteiger partial charge in [-0.3, -0.25) is 4.79 Å². The van der Waals surface area contributed by atoms with Gasteiger partial charge < -0.3 is 9.84 Å². The molecule has 140 valence electrons. The van der Waals surface area contributed by atoms with Crippen LogP contribution < -0.4 is 0 Å². The summed E-state index contributed by atoms with van der Waals surface area (Å²) >= 11 is 0. The first-order chi connectivity index (χ1) is 11.6. The van der Waals surface area contributed by atoms with Crippen LogP contribution in [0.4, 0.5) is 0 Å². The van der Waals surface area contributed by atoms with Gasteiger partial charge in [-0.25, -0.2) is 0 Å². The minimum absolute atomic E-state index is 0.179. The van der Waals surface area contributed by atoms with Crippen LogP contribution in [0.15, 0.2) is 6.07 Å². The third-order valence-electron chi connectivity index (χ3n) is 6.16. The number of carbonyl (C=O) groups is 1. The Hall–Kier alpha value is -1.35. The Morgan fingerprint density at radius 1 is 1.32 bits per heavy atom. The molecule has 2 atom stereocenters. The molecule has 0 spiro atoms. The number of hydrogen-bond donors (Lipinski definition) is 1. The number of aliphatic hydroxyl groups excluding tert-OH is 1. The van der Waals surface area contributed by atoms with E-state index >= 15 is 0 Å². The number of ether oxygens (including phenoxy) is 1. The van der Waals surface area contributed by atoms with Gasteiger partial charge in [-0.1, -0.05) is 26.8 Å². The predicted molar refractivity (Wildman–Crippen MR) is 102 cm³/mol. The van der Waals surface area contributed by atoms with Crippen molar-refractivity contribution < 1.29 is 14.6 Å². The summed E-state index contributed by atoms with van der Waals surface area (Å²) in [5, 5.41) is 10.5. The Bertz CT molecular complexity index is 631. The van der Waals surface area contributed by atoms with Crippen LogP contribution in [-0.4, -0.2) is 23.8 Å². The van der Waals surface area contributed by atoms with E-state index in [2.05, 4.69) is 40.7 Å². The van der Waals surface area contributed by atoms with Crippen LogP contribution in [0.3, 0.4) is 0 Å². The van der Waals surface area contributed by atoms with Crippen molar-refractivity contribution in [2.45, 2.75) is 85.2 Å². The monoisotopic (exact) mass is 346 g/mol. The summed E-state index contributed by atoms with van der Waals surface area (Å²) < 4.78 is 5.05. The fraction of sp³-hybridized carbons (Fsp3) is 0.682. The molecule has 0 radical (unpaired) electrons. The molecule has 1 aromatic rings. The number of hydrogen-bond acceptors (Lipinski definition) is 3. The van der Waals surface area contributed by atoms with Crippen molar-refractivity contribution in [2.75, 3.05) is 6.61 Å². The lowest BCUT2D eigenvalue weighted by molar-refractivity contribution is -0.141. The van der Waals surface area contributed by atoms with Crippen molar-refractivity contribution in [1.29, 1.82) is 0 Å². The molecule has 3 nitrogen and oxygen atoms in total. The highest BCUT2D eigenvalue weighted by Crippen LogP contribution is 2.40. The standard InChI is InChI=1S/C22H34O3/c1-14(11-12-25-17(4)23)7-8-18-13-20-19(16(3)15(18)2)9-10-21(24)22(20,5)6/h13-14,21,24H,7-12H2,1-6H3/t14-,21-/m0/s1. The summed E-state index contributed by atoms with van der Waals surface area (Å²) in [5.74, 6) is 0.322. The zero-order chi connectivity index (χ0) is 18.8. The van der Waals surface area contributed by atoms with Gasteiger partial charge in [0.05, 0.1) is 12.7 Å². The van der Waals surface area contributed by atoms with Gasteiger partial charge >= 0.3 is 5.97 Å². The van der Waals surface area contributed by atoms with Gasteiger partial charge in [0, 0.05) is 12.3 Å². The highest BCUT2D eigenvalue weighted by molar-refractivity contribution is 5.65. The molecule has 25 heavy (non-hydrogen) atoms. The normalized spacial score (nSPS) is 20.0. The molecule has 0 saturated carbocycles. The van der Waals surface area contributed by atoms with Gasteiger partial charge in [0.25, 0.3) is 0 Å². The Morgan fingerprint density at radius 3 is 2.64 bits per heavy atom. The molecule has 1 N–H and O–H groups in total. The predicted octanol–water partition coefficient (Wildman–Crippen LogP) is 4.41. The first-order valence-electron chi connectivity index (χ1n) is 9.58. The maximum absolute atomic E-state index is 10.9. The van der Waals surface area contributed by atoms with E-state index < -0.39 is 0 Å². The van der Waals surface area contributed by atoms with E-state index in [1.807, 2.05) is 0 Å². The topological polar surface area (TPSA) is 46.5 Å². The van der Waals surface area contributed by atoms with E-state index in [4.69, 9.17) is 4.74 Å². The van der Waals surface area contributed by atoms with Crippen molar-refractivity contribution in [1.82, 2.24) is 0 Å². The molecule has 3 heteroatoms. The highest BCUT2D eigenvalue weighted by Gasteiger charge is 2.36. The first-order valence-corrected chi connectivity index (χ1v) is 9.58. The minimum atomic E-state index is -0.266. The van der Waals surface area contributed by atoms with E-state index in [0.29, 0.717) is 12.5 Å². The Labute approximate surface area is 152 Å². The molecule has 0 fully saturated rings. The molecule has 0 aliphatic heterocycles. The van der Waals surface area contributed by atoms with Crippen LogP contribution >= 0.6 is 0 Å². The van der Waals surface area contributed by atoms with E-state index in [0.717, 1.165) is 32.1 Å². The molecule has 1 aliphatic rings. The van der Waals surface area contributed by atoms with Gasteiger partial charge in [-0.2, -0.15) is 0 Å². The summed E-state index contributed by atoms with van der Waals surface area (Å²) in [6, 6.07) is 2.35. The summed E-state index contributed by atoms with van der Waals surface area (Å²) in [5.41, 5.74) is 6.80. The van der Waals surface area contributed by atoms with Crippen molar-refractivity contribution in [2.24, 2.45) is 5.92 Å². The Morgan fingerprint density at radius 2 is 2.00 bits per heavy atom. The summed E-state index contributed by atoms with van der Waals surface area (Å²) in [6.07, 6.45) is 4.60. The van der Waals surface area contributed by atoms with Crippen LogP contribution in [0.25, 0.3) is 0 Å². The Kier molecular flexibility index (Phi) is 6.31. The zero-order valence-electron chi connectivity index (χ0n) is 16.7. The van der Waals surface area contributed by atoms with Crippen LogP contribution in [0.1, 0.15) is 74.8 Å². The maximum atomic E-state index is 10.9. The minimum Gasteiger partial charge on any atom is -0.466 e. The smallest absolute Gasteiger partial charge is 0.302 e. The maximum Gasteiger partial charge on any atom is 0.302 e. The second kappa shape index (κ2) is 7.90. The van der Waals surface area contributed by atoms with Crippen LogP contribution in [0, 0.1) is 19.8 Å². The highest BCUT2D eigenvalue weighted by atomic mass is 16.5. The molecule has 0 heterocycles. The SMILES string of the molecule is CC(=O)OCC[C@@H](C)CCc1cc2c(c(C)c1C)CC[C@H](O)C2(C)C. The van der Waals surface area contributed by atoms with Crippen molar-refractivity contribution in [3.63, 3.8) is 0 Å². The summed E-state index contributed by atoms with van der Waals surface area (Å²) in [4.78, 5) is 10.9. The van der Waals surface area contributed by atoms with E-state index in [9.17, 15) is 9.90 Å². The third-order valence-corrected chi connectivity index (χ3v) is 6.16. The van der Waals surface area contributed by atoms with Crippen molar-refractivity contribution in [3.8, 4) is 0 Å². The van der Waals surface area contributed by atoms with Crippen molar-refractivity contribution >= 4 is 5.97 Å². The van der Waals surface area contributed by atoms with Gasteiger partial charge in [-0.05, 0) is 79.7 Å². The molecule has 2 rings (SSSR count). The van der Waals surface area contributed by atoms with Crippen molar-refractivity contribution in [3.05, 3.63) is 33.9 Å². The molecule has 0 bridgehead atoms. The molecular weight excluding hydrogens is 312 g/mol. The molecular formula is C22H34O3. The van der Waals surface area contributed by atoms with E-state index in [-0.39, 0.29) is 17.5 Å². The van der Waals surface area contributed by atoms with Crippen LogP contribution in [-0.2, 0) is 27.8 Å². The molecule has 1 aliphatic carbocycles.